The third-order valence-electron chi connectivity index (χ3n) is 4.55. The van der Waals surface area contributed by atoms with E-state index in [1.807, 2.05) is 12.1 Å². The van der Waals surface area contributed by atoms with Gasteiger partial charge in [-0.05, 0) is 44.4 Å². The summed E-state index contributed by atoms with van der Waals surface area (Å²) in [5.41, 5.74) is 2.81. The molecular weight excluding hydrogens is 292 g/mol. The third-order valence-corrected chi connectivity index (χ3v) is 5.40. The fourth-order valence-electron chi connectivity index (χ4n) is 3.52. The van der Waals surface area contributed by atoms with E-state index in [0.29, 0.717) is 6.04 Å². The first-order chi connectivity index (χ1) is 9.81. The van der Waals surface area contributed by atoms with E-state index in [2.05, 4.69) is 19.0 Å². The van der Waals surface area contributed by atoms with Crippen LogP contribution in [0.5, 0.6) is 0 Å². The maximum atomic E-state index is 6.35. The lowest BCUT2D eigenvalue weighted by Gasteiger charge is -2.35. The molecule has 4 nitrogen and oxygen atoms in total. The standard InChI is InChI=1S/C14H17ClN4S/c15-11-3-4-12-14(18-20-17-12)13(11)16-9-5-7-19-6-1-2-10(19)8-9/h3-4,9-10,16H,1-2,5-8H2. The molecule has 20 heavy (non-hydrogen) atoms. The molecule has 4 rings (SSSR count). The van der Waals surface area contributed by atoms with Gasteiger partial charge in [0.25, 0.3) is 0 Å². The lowest BCUT2D eigenvalue weighted by Crippen LogP contribution is -2.42. The first kappa shape index (κ1) is 12.8. The number of halogens is 1. The Morgan fingerprint density at radius 1 is 1.25 bits per heavy atom. The molecule has 2 saturated heterocycles. The highest BCUT2D eigenvalue weighted by Gasteiger charge is 2.32. The molecule has 0 spiro atoms. The molecule has 2 unspecified atom stereocenters. The summed E-state index contributed by atoms with van der Waals surface area (Å²) in [6.45, 7) is 2.48. The number of aromatic nitrogens is 2. The van der Waals surface area contributed by atoms with Crippen LogP contribution in [0.1, 0.15) is 25.7 Å². The predicted molar refractivity (Wildman–Crippen MR) is 83.7 cm³/mol. The molecule has 3 heterocycles. The summed E-state index contributed by atoms with van der Waals surface area (Å²) >= 11 is 7.60. The van der Waals surface area contributed by atoms with Crippen molar-refractivity contribution in [3.63, 3.8) is 0 Å². The highest BCUT2D eigenvalue weighted by molar-refractivity contribution is 7.00. The molecule has 1 N–H and O–H groups in total. The number of hydrogen-bond donors (Lipinski definition) is 1. The Morgan fingerprint density at radius 2 is 2.20 bits per heavy atom. The quantitative estimate of drug-likeness (QED) is 0.923. The molecule has 0 aliphatic carbocycles. The van der Waals surface area contributed by atoms with Gasteiger partial charge in [0.05, 0.1) is 22.4 Å². The second-order valence-corrected chi connectivity index (χ2v) is 6.69. The van der Waals surface area contributed by atoms with Crippen molar-refractivity contribution < 1.29 is 0 Å². The molecule has 2 aromatic rings. The van der Waals surface area contributed by atoms with Crippen molar-refractivity contribution in [2.45, 2.75) is 37.8 Å². The summed E-state index contributed by atoms with van der Waals surface area (Å²) in [7, 11) is 0. The number of anilines is 1. The first-order valence-corrected chi connectivity index (χ1v) is 8.33. The predicted octanol–water partition coefficient (Wildman–Crippen LogP) is 3.38. The fraction of sp³-hybridized carbons (Fsp3) is 0.571. The average Bonchev–Trinajstić information content (AvgIpc) is 3.09. The van der Waals surface area contributed by atoms with Crippen LogP contribution in [0.4, 0.5) is 5.69 Å². The SMILES string of the molecule is Clc1ccc2nsnc2c1NC1CCN2CCCC2C1. The molecule has 0 saturated carbocycles. The van der Waals surface area contributed by atoms with Crippen LogP contribution >= 0.6 is 23.3 Å². The van der Waals surface area contributed by atoms with E-state index >= 15 is 0 Å². The van der Waals surface area contributed by atoms with Crippen LogP contribution in [0.2, 0.25) is 5.02 Å². The number of piperidine rings is 1. The maximum absolute atomic E-state index is 6.35. The van der Waals surface area contributed by atoms with Crippen LogP contribution in [-0.2, 0) is 0 Å². The van der Waals surface area contributed by atoms with E-state index in [-0.39, 0.29) is 0 Å². The van der Waals surface area contributed by atoms with Gasteiger partial charge in [0, 0.05) is 18.6 Å². The summed E-state index contributed by atoms with van der Waals surface area (Å²) < 4.78 is 8.68. The molecule has 2 atom stereocenters. The van der Waals surface area contributed by atoms with E-state index < -0.39 is 0 Å². The summed E-state index contributed by atoms with van der Waals surface area (Å²) in [5.74, 6) is 0. The molecule has 6 heteroatoms. The van der Waals surface area contributed by atoms with E-state index in [4.69, 9.17) is 11.6 Å². The van der Waals surface area contributed by atoms with Gasteiger partial charge in [-0.3, -0.25) is 0 Å². The highest BCUT2D eigenvalue weighted by atomic mass is 35.5. The first-order valence-electron chi connectivity index (χ1n) is 7.22. The lowest BCUT2D eigenvalue weighted by atomic mass is 9.97. The number of nitrogens with zero attached hydrogens (tertiary/aromatic N) is 3. The molecule has 0 amide bonds. The third kappa shape index (κ3) is 2.18. The van der Waals surface area contributed by atoms with Crippen LogP contribution in [-0.4, -0.2) is 38.8 Å². The van der Waals surface area contributed by atoms with Crippen LogP contribution in [0.3, 0.4) is 0 Å². The van der Waals surface area contributed by atoms with Gasteiger partial charge in [-0.25, -0.2) is 0 Å². The van der Waals surface area contributed by atoms with Crippen LogP contribution in [0, 0.1) is 0 Å². The maximum Gasteiger partial charge on any atom is 0.129 e. The minimum atomic E-state index is 0.499. The van der Waals surface area contributed by atoms with E-state index in [9.17, 15) is 0 Å². The molecule has 2 aliphatic heterocycles. The Balaban J connectivity index is 1.58. The zero-order valence-corrected chi connectivity index (χ0v) is 12.8. The summed E-state index contributed by atoms with van der Waals surface area (Å²) in [4.78, 5) is 2.63. The largest absolute Gasteiger partial charge is 0.379 e. The number of nitrogens with one attached hydrogen (secondary N) is 1. The number of hydrogen-bond acceptors (Lipinski definition) is 5. The lowest BCUT2D eigenvalue weighted by molar-refractivity contribution is 0.188. The number of benzene rings is 1. The van der Waals surface area contributed by atoms with E-state index in [0.717, 1.165) is 27.8 Å². The topological polar surface area (TPSA) is 41.1 Å². The smallest absolute Gasteiger partial charge is 0.129 e. The summed E-state index contributed by atoms with van der Waals surface area (Å²) in [6, 6.07) is 5.11. The Kier molecular flexibility index (Phi) is 3.28. The van der Waals surface area contributed by atoms with Crippen molar-refractivity contribution >= 4 is 40.0 Å². The fourth-order valence-corrected chi connectivity index (χ4v) is 4.27. The highest BCUT2D eigenvalue weighted by Crippen LogP contribution is 2.34. The van der Waals surface area contributed by atoms with E-state index in [1.54, 1.807) is 0 Å². The number of fused-ring (bicyclic) bond motifs is 2. The Labute approximate surface area is 127 Å². The Bertz CT molecular complexity index is 629. The van der Waals surface area contributed by atoms with Crippen molar-refractivity contribution in [2.24, 2.45) is 0 Å². The molecule has 106 valence electrons. The average molecular weight is 309 g/mol. The second-order valence-electron chi connectivity index (χ2n) is 5.75. The van der Waals surface area contributed by atoms with Crippen molar-refractivity contribution in [3.8, 4) is 0 Å². The molecule has 2 aliphatic rings. The molecular formula is C14H17ClN4S. The molecule has 2 fully saturated rings. The van der Waals surface area contributed by atoms with Gasteiger partial charge in [-0.1, -0.05) is 11.6 Å². The summed E-state index contributed by atoms with van der Waals surface area (Å²) in [6.07, 6.45) is 5.09. The molecule has 1 aromatic carbocycles. The zero-order valence-electron chi connectivity index (χ0n) is 11.2. The van der Waals surface area contributed by atoms with Gasteiger partial charge >= 0.3 is 0 Å². The van der Waals surface area contributed by atoms with E-state index in [1.165, 1.54) is 50.5 Å². The van der Waals surface area contributed by atoms with Gasteiger partial charge < -0.3 is 10.2 Å². The van der Waals surface area contributed by atoms with Gasteiger partial charge in [-0.2, -0.15) is 8.75 Å². The van der Waals surface area contributed by atoms with Crippen LogP contribution < -0.4 is 5.32 Å². The van der Waals surface area contributed by atoms with Crippen LogP contribution in [0.25, 0.3) is 11.0 Å². The van der Waals surface area contributed by atoms with Crippen molar-refractivity contribution in [1.82, 2.24) is 13.6 Å². The molecule has 0 radical (unpaired) electrons. The second kappa shape index (κ2) is 5.13. The van der Waals surface area contributed by atoms with Crippen molar-refractivity contribution in [1.29, 1.82) is 0 Å². The van der Waals surface area contributed by atoms with Gasteiger partial charge in [0.2, 0.25) is 0 Å². The zero-order chi connectivity index (χ0) is 13.5. The number of rotatable bonds is 2. The van der Waals surface area contributed by atoms with Gasteiger partial charge in [0.1, 0.15) is 11.0 Å². The van der Waals surface area contributed by atoms with Gasteiger partial charge in [-0.15, -0.1) is 0 Å². The Morgan fingerprint density at radius 3 is 3.15 bits per heavy atom. The van der Waals surface area contributed by atoms with Crippen LogP contribution in [0.15, 0.2) is 12.1 Å². The molecule has 0 bridgehead atoms. The normalized spacial score (nSPS) is 26.9. The minimum absolute atomic E-state index is 0.499. The monoisotopic (exact) mass is 308 g/mol. The van der Waals surface area contributed by atoms with Gasteiger partial charge in [0.15, 0.2) is 0 Å². The van der Waals surface area contributed by atoms with Crippen molar-refractivity contribution in [2.75, 3.05) is 18.4 Å². The minimum Gasteiger partial charge on any atom is -0.379 e. The van der Waals surface area contributed by atoms with Crippen molar-refractivity contribution in [3.05, 3.63) is 17.2 Å². The summed E-state index contributed by atoms with van der Waals surface area (Å²) in [5, 5.41) is 4.39. The molecule has 1 aromatic heterocycles. The Hall–Kier alpha value is -0.910.